The van der Waals surface area contributed by atoms with Crippen LogP contribution in [0.25, 0.3) is 10.6 Å². The average Bonchev–Trinajstić information content (AvgIpc) is 2.95. The number of imide groups is 1. The van der Waals surface area contributed by atoms with Crippen LogP contribution < -0.4 is 10.6 Å². The molecule has 0 aliphatic carbocycles. The number of nitrogens with one attached hydrogen (secondary N) is 2. The minimum Gasteiger partial charge on any atom is -0.451 e. The van der Waals surface area contributed by atoms with Gasteiger partial charge < -0.3 is 10.1 Å². The number of halogens is 1. The van der Waals surface area contributed by atoms with Gasteiger partial charge in [-0.25, -0.2) is 19.0 Å². The second kappa shape index (κ2) is 8.34. The van der Waals surface area contributed by atoms with Crippen LogP contribution in [-0.2, 0) is 9.53 Å². The Kier molecular flexibility index (Phi) is 6.18. The molecule has 132 valence electrons. The molecular weight excluding hydrogens is 349 g/mol. The van der Waals surface area contributed by atoms with E-state index in [0.29, 0.717) is 22.8 Å². The maximum atomic E-state index is 13.0. The van der Waals surface area contributed by atoms with E-state index in [1.165, 1.54) is 12.1 Å². The zero-order chi connectivity index (χ0) is 18.4. The molecule has 3 amide bonds. The molecule has 9 heteroatoms. The van der Waals surface area contributed by atoms with E-state index in [9.17, 15) is 18.8 Å². The number of esters is 1. The largest absolute Gasteiger partial charge is 0.451 e. The number of carbonyl (C=O) groups is 3. The summed E-state index contributed by atoms with van der Waals surface area (Å²) in [5, 5.41) is 4.95. The van der Waals surface area contributed by atoms with Crippen LogP contribution in [-0.4, -0.2) is 36.0 Å². The molecule has 0 unspecified atom stereocenters. The lowest BCUT2D eigenvalue weighted by molar-refractivity contribution is -0.123. The fourth-order valence-electron chi connectivity index (χ4n) is 1.87. The maximum Gasteiger partial charge on any atom is 0.350 e. The van der Waals surface area contributed by atoms with E-state index in [1.807, 2.05) is 5.32 Å². The van der Waals surface area contributed by atoms with Crippen molar-refractivity contribution in [3.8, 4) is 10.6 Å². The van der Waals surface area contributed by atoms with Crippen LogP contribution in [0.2, 0.25) is 0 Å². The van der Waals surface area contributed by atoms with E-state index in [2.05, 4.69) is 10.3 Å². The summed E-state index contributed by atoms with van der Waals surface area (Å²) in [6, 6.07) is 5.06. The van der Waals surface area contributed by atoms with Crippen LogP contribution in [0.15, 0.2) is 24.3 Å². The molecule has 0 bridgehead atoms. The Morgan fingerprint density at radius 2 is 1.92 bits per heavy atom. The van der Waals surface area contributed by atoms with Gasteiger partial charge in [-0.2, -0.15) is 0 Å². The van der Waals surface area contributed by atoms with Crippen LogP contribution in [0, 0.1) is 12.7 Å². The lowest BCUT2D eigenvalue weighted by atomic mass is 10.2. The number of nitrogens with zero attached hydrogens (tertiary/aromatic N) is 1. The predicted octanol–water partition coefficient (Wildman–Crippen LogP) is 2.26. The van der Waals surface area contributed by atoms with Crippen LogP contribution in [0.3, 0.4) is 0 Å². The maximum absolute atomic E-state index is 13.0. The highest BCUT2D eigenvalue weighted by Crippen LogP contribution is 2.28. The molecule has 0 saturated carbocycles. The van der Waals surface area contributed by atoms with Gasteiger partial charge in [0.2, 0.25) is 0 Å². The molecule has 7 nitrogen and oxygen atoms in total. The fourth-order valence-corrected chi connectivity index (χ4v) is 2.83. The van der Waals surface area contributed by atoms with Gasteiger partial charge >= 0.3 is 12.0 Å². The second-order valence-electron chi connectivity index (χ2n) is 4.92. The molecule has 0 aliphatic rings. The Hall–Kier alpha value is -2.81. The van der Waals surface area contributed by atoms with Crippen molar-refractivity contribution in [3.05, 3.63) is 40.7 Å². The molecule has 1 aromatic carbocycles. The summed E-state index contributed by atoms with van der Waals surface area (Å²) >= 11 is 1.08. The van der Waals surface area contributed by atoms with E-state index >= 15 is 0 Å². The van der Waals surface area contributed by atoms with Crippen LogP contribution in [0.1, 0.15) is 22.3 Å². The molecule has 0 atom stereocenters. The van der Waals surface area contributed by atoms with Crippen molar-refractivity contribution in [2.24, 2.45) is 0 Å². The number of amides is 3. The van der Waals surface area contributed by atoms with E-state index in [1.54, 1.807) is 26.0 Å². The van der Waals surface area contributed by atoms with Crippen molar-refractivity contribution in [3.63, 3.8) is 0 Å². The smallest absolute Gasteiger partial charge is 0.350 e. The third-order valence-electron chi connectivity index (χ3n) is 3.00. The number of urea groups is 1. The minimum atomic E-state index is -0.736. The third-order valence-corrected chi connectivity index (χ3v) is 4.18. The van der Waals surface area contributed by atoms with Gasteiger partial charge in [0.15, 0.2) is 6.61 Å². The molecule has 2 N–H and O–H groups in total. The van der Waals surface area contributed by atoms with Crippen molar-refractivity contribution < 1.29 is 23.5 Å². The van der Waals surface area contributed by atoms with E-state index in [0.717, 1.165) is 11.3 Å². The Morgan fingerprint density at radius 1 is 1.24 bits per heavy atom. The summed E-state index contributed by atoms with van der Waals surface area (Å²) < 4.78 is 17.9. The Bertz CT molecular complexity index is 789. The van der Waals surface area contributed by atoms with Crippen LogP contribution >= 0.6 is 11.3 Å². The number of benzene rings is 1. The highest BCUT2D eigenvalue weighted by atomic mass is 32.1. The summed E-state index contributed by atoms with van der Waals surface area (Å²) in [6.45, 7) is 3.12. The number of hydrogen-bond donors (Lipinski definition) is 2. The molecule has 0 spiro atoms. The standard InChI is InChI=1S/C16H16FN3O4S/c1-3-18-16(23)20-12(21)8-24-15(22)13-9(2)19-14(25-13)10-4-6-11(17)7-5-10/h4-7H,3,8H2,1-2H3,(H2,18,20,21,23). The molecule has 2 rings (SSSR count). The number of carbonyl (C=O) groups excluding carboxylic acids is 3. The van der Waals surface area contributed by atoms with Gasteiger partial charge in [0.1, 0.15) is 15.7 Å². The Labute approximate surface area is 147 Å². The second-order valence-corrected chi connectivity index (χ2v) is 5.92. The topological polar surface area (TPSA) is 97.4 Å². The number of aryl methyl sites for hydroxylation is 1. The number of thiazole rings is 1. The van der Waals surface area contributed by atoms with Gasteiger partial charge in [0.05, 0.1) is 5.69 Å². The first-order valence-electron chi connectivity index (χ1n) is 7.39. The van der Waals surface area contributed by atoms with Gasteiger partial charge in [0.25, 0.3) is 5.91 Å². The highest BCUT2D eigenvalue weighted by molar-refractivity contribution is 7.17. The zero-order valence-electron chi connectivity index (χ0n) is 13.6. The molecule has 1 heterocycles. The summed E-state index contributed by atoms with van der Waals surface area (Å²) in [7, 11) is 0. The van der Waals surface area contributed by atoms with E-state index in [-0.39, 0.29) is 10.7 Å². The summed E-state index contributed by atoms with van der Waals surface area (Å²) in [5.41, 5.74) is 1.11. The Balaban J connectivity index is 1.99. The van der Waals surface area contributed by atoms with Crippen LogP contribution in [0.5, 0.6) is 0 Å². The highest BCUT2D eigenvalue weighted by Gasteiger charge is 2.19. The predicted molar refractivity (Wildman–Crippen MR) is 89.7 cm³/mol. The number of aromatic nitrogens is 1. The minimum absolute atomic E-state index is 0.241. The average molecular weight is 365 g/mol. The monoisotopic (exact) mass is 365 g/mol. The first-order chi connectivity index (χ1) is 11.9. The molecule has 0 saturated heterocycles. The molecule has 0 fully saturated rings. The quantitative estimate of drug-likeness (QED) is 0.792. The summed E-state index contributed by atoms with van der Waals surface area (Å²) in [6.07, 6.45) is 0. The fraction of sp³-hybridized carbons (Fsp3) is 0.250. The van der Waals surface area contributed by atoms with Gasteiger partial charge in [-0.1, -0.05) is 0 Å². The molecule has 1 aromatic heterocycles. The number of rotatable bonds is 5. The molecule has 0 radical (unpaired) electrons. The Morgan fingerprint density at radius 3 is 2.56 bits per heavy atom. The lowest BCUT2D eigenvalue weighted by Crippen LogP contribution is -2.41. The lowest BCUT2D eigenvalue weighted by Gasteiger charge is -2.05. The number of ether oxygens (including phenoxy) is 1. The normalized spacial score (nSPS) is 10.2. The van der Waals surface area contributed by atoms with Gasteiger partial charge in [0, 0.05) is 12.1 Å². The van der Waals surface area contributed by atoms with Crippen molar-refractivity contribution in [1.82, 2.24) is 15.6 Å². The molecule has 2 aromatic rings. The van der Waals surface area contributed by atoms with Gasteiger partial charge in [-0.05, 0) is 38.1 Å². The number of hydrogen-bond acceptors (Lipinski definition) is 6. The summed E-state index contributed by atoms with van der Waals surface area (Å²) in [4.78, 5) is 39.3. The molecular formula is C16H16FN3O4S. The first-order valence-corrected chi connectivity index (χ1v) is 8.20. The van der Waals surface area contributed by atoms with Gasteiger partial charge in [-0.3, -0.25) is 10.1 Å². The van der Waals surface area contributed by atoms with Crippen molar-refractivity contribution in [2.75, 3.05) is 13.2 Å². The van der Waals surface area contributed by atoms with Crippen molar-refractivity contribution in [1.29, 1.82) is 0 Å². The van der Waals surface area contributed by atoms with Gasteiger partial charge in [-0.15, -0.1) is 11.3 Å². The van der Waals surface area contributed by atoms with Crippen LogP contribution in [0.4, 0.5) is 9.18 Å². The van der Waals surface area contributed by atoms with E-state index in [4.69, 9.17) is 4.74 Å². The third kappa shape index (κ3) is 5.08. The first kappa shape index (κ1) is 18.5. The molecule has 25 heavy (non-hydrogen) atoms. The van der Waals surface area contributed by atoms with Crippen molar-refractivity contribution in [2.45, 2.75) is 13.8 Å². The molecule has 0 aliphatic heterocycles. The summed E-state index contributed by atoms with van der Waals surface area (Å²) in [5.74, 6) is -1.82. The van der Waals surface area contributed by atoms with Crippen molar-refractivity contribution >= 4 is 29.2 Å². The SMILES string of the molecule is CCNC(=O)NC(=O)COC(=O)c1sc(-c2ccc(F)cc2)nc1C. The zero-order valence-corrected chi connectivity index (χ0v) is 14.4. The van der Waals surface area contributed by atoms with E-state index < -0.39 is 24.5 Å².